The van der Waals surface area contributed by atoms with Gasteiger partial charge in [0.2, 0.25) is 12.4 Å². The third-order valence-corrected chi connectivity index (χ3v) is 3.36. The molecule has 0 saturated carbocycles. The number of hydrogen-bond acceptors (Lipinski definition) is 9. The number of carbonyl (C=O) groups is 4. The van der Waals surface area contributed by atoms with Crippen molar-refractivity contribution in [2.75, 3.05) is 0 Å². The van der Waals surface area contributed by atoms with Crippen LogP contribution in [0.1, 0.15) is 27.7 Å². The zero-order valence-electron chi connectivity index (χ0n) is 12.9. The van der Waals surface area contributed by atoms with E-state index in [1.807, 2.05) is 0 Å². The van der Waals surface area contributed by atoms with Gasteiger partial charge in [0, 0.05) is 27.7 Å². The number of hydrogen-bond donors (Lipinski definition) is 0. The highest BCUT2D eigenvalue weighted by Gasteiger charge is 2.52. The highest BCUT2D eigenvalue weighted by atomic mass is 79.9. The molecule has 1 rings (SSSR count). The second-order valence-electron chi connectivity index (χ2n) is 4.69. The van der Waals surface area contributed by atoms with Gasteiger partial charge in [0.25, 0.3) is 0 Å². The average molecular weight is 397 g/mol. The summed E-state index contributed by atoms with van der Waals surface area (Å²) in [7, 11) is 0. The van der Waals surface area contributed by atoms with Crippen LogP contribution in [0.5, 0.6) is 0 Å². The Balaban J connectivity index is 3.15. The van der Waals surface area contributed by atoms with E-state index in [2.05, 4.69) is 15.9 Å². The van der Waals surface area contributed by atoms with Gasteiger partial charge in [0.15, 0.2) is 17.2 Å². The van der Waals surface area contributed by atoms with Crippen molar-refractivity contribution in [2.24, 2.45) is 0 Å². The minimum Gasteiger partial charge on any atom is -0.455 e. The molecule has 130 valence electrons. The lowest BCUT2D eigenvalue weighted by molar-refractivity contribution is -0.279. The first-order valence-electron chi connectivity index (χ1n) is 6.60. The fourth-order valence-electron chi connectivity index (χ4n) is 1.98. The zero-order chi connectivity index (χ0) is 17.7. The fourth-order valence-corrected chi connectivity index (χ4v) is 2.61. The second-order valence-corrected chi connectivity index (χ2v) is 5.59. The van der Waals surface area contributed by atoms with E-state index in [9.17, 15) is 19.2 Å². The Bertz CT molecular complexity index is 492. The van der Waals surface area contributed by atoms with Crippen LogP contribution in [0.2, 0.25) is 0 Å². The van der Waals surface area contributed by atoms with E-state index in [0.29, 0.717) is 0 Å². The van der Waals surface area contributed by atoms with E-state index >= 15 is 0 Å². The summed E-state index contributed by atoms with van der Waals surface area (Å²) >= 11 is 3.12. The summed E-state index contributed by atoms with van der Waals surface area (Å²) in [4.78, 5) is 45.1. The monoisotopic (exact) mass is 396 g/mol. The number of rotatable bonds is 4. The first-order valence-corrected chi connectivity index (χ1v) is 7.51. The maximum atomic E-state index is 11.3. The Morgan fingerprint density at radius 3 is 1.52 bits per heavy atom. The summed E-state index contributed by atoms with van der Waals surface area (Å²) in [5.41, 5.74) is 0. The van der Waals surface area contributed by atoms with E-state index in [1.165, 1.54) is 0 Å². The maximum absolute atomic E-state index is 11.3. The summed E-state index contributed by atoms with van der Waals surface area (Å²) in [5, 5.41) is -0.952. The first kappa shape index (κ1) is 19.4. The molecule has 1 heterocycles. The van der Waals surface area contributed by atoms with E-state index < -0.39 is 53.5 Å². The van der Waals surface area contributed by atoms with Crippen LogP contribution in [0, 0.1) is 0 Å². The van der Waals surface area contributed by atoms with Crippen molar-refractivity contribution < 1.29 is 42.9 Å². The number of halogens is 1. The molecule has 0 aromatic rings. The SMILES string of the molecule is CC(=O)O[C@@H]1O[C@@H](Br)[C@@H](OC(C)=O)[C@H](OC(C)=O)[C@H]1OC(C)=O. The van der Waals surface area contributed by atoms with Crippen molar-refractivity contribution in [3.8, 4) is 0 Å². The topological polar surface area (TPSA) is 114 Å². The van der Waals surface area contributed by atoms with Crippen LogP contribution in [0.3, 0.4) is 0 Å². The first-order chi connectivity index (χ1) is 10.6. The molecule has 0 aromatic carbocycles. The molecule has 1 saturated heterocycles. The van der Waals surface area contributed by atoms with Gasteiger partial charge in [-0.3, -0.25) is 19.2 Å². The summed E-state index contributed by atoms with van der Waals surface area (Å²) in [5.74, 6) is -2.78. The van der Waals surface area contributed by atoms with E-state index in [4.69, 9.17) is 23.7 Å². The predicted octanol–water partition coefficient (Wildman–Crippen LogP) is 0.422. The third kappa shape index (κ3) is 5.79. The van der Waals surface area contributed by atoms with Crippen LogP contribution >= 0.6 is 15.9 Å². The van der Waals surface area contributed by atoms with Gasteiger partial charge in [-0.15, -0.1) is 0 Å². The van der Waals surface area contributed by atoms with Crippen LogP contribution in [0.4, 0.5) is 0 Å². The van der Waals surface area contributed by atoms with Crippen LogP contribution in [0.15, 0.2) is 0 Å². The maximum Gasteiger partial charge on any atom is 0.305 e. The Hall–Kier alpha value is -1.68. The molecule has 0 unspecified atom stereocenters. The molecule has 5 atom stereocenters. The third-order valence-electron chi connectivity index (χ3n) is 2.63. The molecule has 0 aliphatic carbocycles. The van der Waals surface area contributed by atoms with Gasteiger partial charge >= 0.3 is 23.9 Å². The predicted molar refractivity (Wildman–Crippen MR) is 76.0 cm³/mol. The standard InChI is InChI=1S/C13H17BrO9/c1-5(15)19-9-10(20-6(2)16)12(14)23-13(22-8(4)18)11(9)21-7(3)17/h9-13H,1-4H3/t9-,10-,11+,12+,13+/m0/s1. The van der Waals surface area contributed by atoms with Crippen molar-refractivity contribution >= 4 is 39.8 Å². The van der Waals surface area contributed by atoms with Crippen molar-refractivity contribution in [1.29, 1.82) is 0 Å². The van der Waals surface area contributed by atoms with Gasteiger partial charge in [0.05, 0.1) is 0 Å². The average Bonchev–Trinajstić information content (AvgIpc) is 2.36. The molecule has 9 nitrogen and oxygen atoms in total. The van der Waals surface area contributed by atoms with Gasteiger partial charge in [-0.05, 0) is 0 Å². The number of ether oxygens (including phenoxy) is 5. The minimum atomic E-state index is -1.34. The van der Waals surface area contributed by atoms with Gasteiger partial charge in [-0.2, -0.15) is 0 Å². The summed E-state index contributed by atoms with van der Waals surface area (Å²) < 4.78 is 25.5. The lowest BCUT2D eigenvalue weighted by Crippen LogP contribution is -2.60. The van der Waals surface area contributed by atoms with Crippen LogP contribution < -0.4 is 0 Å². The highest BCUT2D eigenvalue weighted by molar-refractivity contribution is 9.09. The molecule has 1 fully saturated rings. The molecule has 23 heavy (non-hydrogen) atoms. The number of esters is 4. The minimum absolute atomic E-state index is 0.660. The molecule has 0 radical (unpaired) electrons. The smallest absolute Gasteiger partial charge is 0.305 e. The van der Waals surface area contributed by atoms with Crippen molar-refractivity contribution in [3.05, 3.63) is 0 Å². The molecule has 0 N–H and O–H groups in total. The normalized spacial score (nSPS) is 30.0. The van der Waals surface area contributed by atoms with E-state index in [1.54, 1.807) is 0 Å². The summed E-state index contributed by atoms with van der Waals surface area (Å²) in [6.45, 7) is 4.55. The largest absolute Gasteiger partial charge is 0.455 e. The Morgan fingerprint density at radius 1 is 0.696 bits per heavy atom. The van der Waals surface area contributed by atoms with Gasteiger partial charge in [0.1, 0.15) is 0 Å². The summed E-state index contributed by atoms with van der Waals surface area (Å²) in [6.07, 6.45) is -4.95. The highest BCUT2D eigenvalue weighted by Crippen LogP contribution is 2.32. The van der Waals surface area contributed by atoms with E-state index in [0.717, 1.165) is 27.7 Å². The van der Waals surface area contributed by atoms with Crippen LogP contribution in [-0.2, 0) is 42.9 Å². The molecule has 0 bridgehead atoms. The second kappa shape index (κ2) is 8.25. The summed E-state index contributed by atoms with van der Waals surface area (Å²) in [6, 6.07) is 0. The van der Waals surface area contributed by atoms with Gasteiger partial charge < -0.3 is 23.7 Å². The van der Waals surface area contributed by atoms with Gasteiger partial charge in [-0.25, -0.2) is 0 Å². The van der Waals surface area contributed by atoms with Crippen molar-refractivity contribution in [3.63, 3.8) is 0 Å². The molecule has 0 amide bonds. The lowest BCUT2D eigenvalue weighted by Gasteiger charge is -2.42. The quantitative estimate of drug-likeness (QED) is 0.378. The molecule has 1 aliphatic rings. The van der Waals surface area contributed by atoms with Gasteiger partial charge in [-0.1, -0.05) is 15.9 Å². The fraction of sp³-hybridized carbons (Fsp3) is 0.692. The lowest BCUT2D eigenvalue weighted by atomic mass is 10.0. The molecule has 1 aliphatic heterocycles. The van der Waals surface area contributed by atoms with Crippen molar-refractivity contribution in [2.45, 2.75) is 57.3 Å². The molecular weight excluding hydrogens is 380 g/mol. The molecular formula is C13H17BrO9. The Labute approximate surface area is 140 Å². The molecule has 0 aromatic heterocycles. The number of alkyl halides is 1. The zero-order valence-corrected chi connectivity index (χ0v) is 14.5. The molecule has 10 heteroatoms. The van der Waals surface area contributed by atoms with Crippen molar-refractivity contribution in [1.82, 2.24) is 0 Å². The molecule has 0 spiro atoms. The van der Waals surface area contributed by atoms with Crippen LogP contribution in [-0.4, -0.2) is 53.5 Å². The van der Waals surface area contributed by atoms with E-state index in [-0.39, 0.29) is 0 Å². The Kier molecular flexibility index (Phi) is 6.95. The number of carbonyl (C=O) groups excluding carboxylic acids is 4. The Morgan fingerprint density at radius 2 is 1.09 bits per heavy atom. The van der Waals surface area contributed by atoms with Crippen LogP contribution in [0.25, 0.3) is 0 Å².